The molecule has 0 aliphatic carbocycles. The third-order valence-electron chi connectivity index (χ3n) is 3.98. The zero-order valence-electron chi connectivity index (χ0n) is 11.0. The second kappa shape index (κ2) is 4.73. The molecule has 2 N–H and O–H groups in total. The number of hydrogen-bond donors (Lipinski definition) is 2. The number of ether oxygens (including phenoxy) is 3. The smallest absolute Gasteiger partial charge is 0.316 e. The number of hydrogen-bond acceptors (Lipinski definition) is 6. The van der Waals surface area contributed by atoms with Crippen LogP contribution in [0.5, 0.6) is 5.75 Å². The molecule has 2 fully saturated rings. The highest BCUT2D eigenvalue weighted by Gasteiger charge is 2.62. The number of benzene rings is 1. The Kier molecular flexibility index (Phi) is 3.16. The SMILES string of the molecule is COc1cccc([C@@H]2C(=O)OC[C@]23OC[C@@H](O)[C@@H]3O)c1. The van der Waals surface area contributed by atoms with Gasteiger partial charge in [0.25, 0.3) is 0 Å². The second-order valence-electron chi connectivity index (χ2n) is 5.10. The van der Waals surface area contributed by atoms with Crippen LogP contribution in [0.3, 0.4) is 0 Å². The molecule has 1 aromatic rings. The fourth-order valence-electron chi connectivity index (χ4n) is 2.91. The van der Waals surface area contributed by atoms with Gasteiger partial charge in [0.1, 0.15) is 36.1 Å². The van der Waals surface area contributed by atoms with E-state index in [-0.39, 0.29) is 13.2 Å². The van der Waals surface area contributed by atoms with Crippen molar-refractivity contribution in [3.63, 3.8) is 0 Å². The van der Waals surface area contributed by atoms with Crippen LogP contribution in [0.4, 0.5) is 0 Å². The third-order valence-corrected chi connectivity index (χ3v) is 3.98. The van der Waals surface area contributed by atoms with Gasteiger partial charge in [0.2, 0.25) is 0 Å². The highest BCUT2D eigenvalue weighted by Crippen LogP contribution is 2.45. The average Bonchev–Trinajstić information content (AvgIpc) is 2.95. The van der Waals surface area contributed by atoms with E-state index >= 15 is 0 Å². The van der Waals surface area contributed by atoms with E-state index in [0.29, 0.717) is 11.3 Å². The Balaban J connectivity index is 2.03. The van der Waals surface area contributed by atoms with Crippen molar-refractivity contribution in [1.82, 2.24) is 0 Å². The highest BCUT2D eigenvalue weighted by molar-refractivity contribution is 5.82. The summed E-state index contributed by atoms with van der Waals surface area (Å²) in [7, 11) is 1.53. The first kappa shape index (κ1) is 13.4. The quantitative estimate of drug-likeness (QED) is 0.731. The Labute approximate surface area is 115 Å². The summed E-state index contributed by atoms with van der Waals surface area (Å²) in [5.41, 5.74) is -0.580. The highest BCUT2D eigenvalue weighted by atomic mass is 16.6. The monoisotopic (exact) mass is 280 g/mol. The van der Waals surface area contributed by atoms with Crippen molar-refractivity contribution in [3.8, 4) is 5.75 Å². The van der Waals surface area contributed by atoms with Crippen LogP contribution in [0.1, 0.15) is 11.5 Å². The number of carbonyl (C=O) groups excluding carboxylic acids is 1. The molecule has 0 amide bonds. The summed E-state index contributed by atoms with van der Waals surface area (Å²) >= 11 is 0. The maximum atomic E-state index is 12.1. The van der Waals surface area contributed by atoms with Gasteiger partial charge in [-0.25, -0.2) is 0 Å². The maximum absolute atomic E-state index is 12.1. The topological polar surface area (TPSA) is 85.2 Å². The van der Waals surface area contributed by atoms with Crippen molar-refractivity contribution in [3.05, 3.63) is 29.8 Å². The molecule has 4 atom stereocenters. The average molecular weight is 280 g/mol. The van der Waals surface area contributed by atoms with Crippen LogP contribution in [0.15, 0.2) is 24.3 Å². The van der Waals surface area contributed by atoms with E-state index in [1.165, 1.54) is 7.11 Å². The minimum atomic E-state index is -1.22. The molecular weight excluding hydrogens is 264 g/mol. The molecule has 0 aromatic heterocycles. The van der Waals surface area contributed by atoms with Crippen LogP contribution < -0.4 is 4.74 Å². The zero-order chi connectivity index (χ0) is 14.3. The van der Waals surface area contributed by atoms with Gasteiger partial charge >= 0.3 is 5.97 Å². The largest absolute Gasteiger partial charge is 0.497 e. The van der Waals surface area contributed by atoms with Crippen LogP contribution >= 0.6 is 0 Å². The molecule has 6 heteroatoms. The van der Waals surface area contributed by atoms with Gasteiger partial charge in [-0.3, -0.25) is 4.79 Å². The maximum Gasteiger partial charge on any atom is 0.316 e. The molecule has 20 heavy (non-hydrogen) atoms. The first-order valence-electron chi connectivity index (χ1n) is 6.39. The summed E-state index contributed by atoms with van der Waals surface area (Å²) < 4.78 is 15.8. The lowest BCUT2D eigenvalue weighted by Crippen LogP contribution is -2.48. The third kappa shape index (κ3) is 1.80. The van der Waals surface area contributed by atoms with Gasteiger partial charge in [-0.1, -0.05) is 12.1 Å². The number of esters is 1. The number of carbonyl (C=O) groups is 1. The van der Waals surface area contributed by atoms with E-state index in [9.17, 15) is 15.0 Å². The van der Waals surface area contributed by atoms with Crippen molar-refractivity contribution in [2.75, 3.05) is 20.3 Å². The number of cyclic esters (lactones) is 1. The van der Waals surface area contributed by atoms with Crippen LogP contribution in [0, 0.1) is 0 Å². The Morgan fingerprint density at radius 2 is 2.20 bits per heavy atom. The lowest BCUT2D eigenvalue weighted by molar-refractivity contribution is -0.139. The van der Waals surface area contributed by atoms with Gasteiger partial charge in [-0.15, -0.1) is 0 Å². The van der Waals surface area contributed by atoms with Crippen molar-refractivity contribution in [2.24, 2.45) is 0 Å². The molecule has 1 aromatic carbocycles. The van der Waals surface area contributed by atoms with Gasteiger partial charge in [-0.2, -0.15) is 0 Å². The Morgan fingerprint density at radius 3 is 2.85 bits per heavy atom. The summed E-state index contributed by atoms with van der Waals surface area (Å²) in [5, 5.41) is 19.9. The summed E-state index contributed by atoms with van der Waals surface area (Å²) in [4.78, 5) is 12.1. The number of methoxy groups -OCH3 is 1. The fraction of sp³-hybridized carbons (Fsp3) is 0.500. The lowest BCUT2D eigenvalue weighted by Gasteiger charge is -2.30. The van der Waals surface area contributed by atoms with E-state index in [1.54, 1.807) is 24.3 Å². The molecule has 108 valence electrons. The zero-order valence-corrected chi connectivity index (χ0v) is 11.0. The van der Waals surface area contributed by atoms with Crippen LogP contribution in [0.25, 0.3) is 0 Å². The van der Waals surface area contributed by atoms with E-state index < -0.39 is 29.7 Å². The molecular formula is C14H16O6. The molecule has 2 heterocycles. The summed E-state index contributed by atoms with van der Waals surface area (Å²) in [6.45, 7) is -0.0792. The minimum absolute atomic E-state index is 0.0156. The second-order valence-corrected chi connectivity index (χ2v) is 5.10. The number of rotatable bonds is 2. The molecule has 3 rings (SSSR count). The van der Waals surface area contributed by atoms with Crippen LogP contribution in [-0.2, 0) is 14.3 Å². The predicted molar refractivity (Wildman–Crippen MR) is 67.4 cm³/mol. The molecule has 0 unspecified atom stereocenters. The van der Waals surface area contributed by atoms with Gasteiger partial charge in [0.15, 0.2) is 0 Å². The molecule has 6 nitrogen and oxygen atoms in total. The van der Waals surface area contributed by atoms with Crippen LogP contribution in [-0.4, -0.2) is 54.3 Å². The van der Waals surface area contributed by atoms with Crippen LogP contribution in [0.2, 0.25) is 0 Å². The van der Waals surface area contributed by atoms with Gasteiger partial charge in [-0.05, 0) is 17.7 Å². The van der Waals surface area contributed by atoms with Gasteiger partial charge in [0, 0.05) is 0 Å². The lowest BCUT2D eigenvalue weighted by atomic mass is 9.80. The molecule has 0 saturated carbocycles. The summed E-state index contributed by atoms with van der Waals surface area (Å²) in [6, 6.07) is 6.98. The van der Waals surface area contributed by atoms with E-state index in [0.717, 1.165) is 0 Å². The van der Waals surface area contributed by atoms with Crippen molar-refractivity contribution in [2.45, 2.75) is 23.7 Å². The molecule has 0 bridgehead atoms. The van der Waals surface area contributed by atoms with Crippen molar-refractivity contribution < 1.29 is 29.2 Å². The van der Waals surface area contributed by atoms with E-state index in [2.05, 4.69) is 0 Å². The predicted octanol–water partition coefficient (Wildman–Crippen LogP) is -0.174. The molecule has 1 spiro atoms. The normalized spacial score (nSPS) is 36.4. The fourth-order valence-corrected chi connectivity index (χ4v) is 2.91. The minimum Gasteiger partial charge on any atom is -0.497 e. The summed E-state index contributed by atoms with van der Waals surface area (Å²) in [6.07, 6.45) is -2.18. The Morgan fingerprint density at radius 1 is 1.40 bits per heavy atom. The molecule has 0 radical (unpaired) electrons. The van der Waals surface area contributed by atoms with Gasteiger partial charge < -0.3 is 24.4 Å². The van der Waals surface area contributed by atoms with E-state index in [1.807, 2.05) is 0 Å². The van der Waals surface area contributed by atoms with E-state index in [4.69, 9.17) is 14.2 Å². The number of aliphatic hydroxyl groups is 2. The standard InChI is InChI=1S/C14H16O6/c1-18-9-4-2-3-8(5-9)11-13(17)19-7-14(11)12(16)10(15)6-20-14/h2-5,10-12,15-16H,6-7H2,1H3/t10-,11-,12+,14+/m1/s1. The molecule has 2 aliphatic heterocycles. The van der Waals surface area contributed by atoms with Crippen molar-refractivity contribution in [1.29, 1.82) is 0 Å². The van der Waals surface area contributed by atoms with Crippen molar-refractivity contribution >= 4 is 5.97 Å². The first-order valence-corrected chi connectivity index (χ1v) is 6.39. The number of aliphatic hydroxyl groups excluding tert-OH is 2. The first-order chi connectivity index (χ1) is 9.58. The van der Waals surface area contributed by atoms with Gasteiger partial charge in [0.05, 0.1) is 13.7 Å². The summed E-state index contributed by atoms with van der Waals surface area (Å²) in [5.74, 6) is -0.637. The Hall–Kier alpha value is -1.63. The Bertz CT molecular complexity index is 530. The molecule has 2 aliphatic rings. The molecule has 2 saturated heterocycles.